The van der Waals surface area contributed by atoms with Crippen LogP contribution in [0.3, 0.4) is 0 Å². The number of carboxylic acid groups (broad SMARTS) is 1. The topological polar surface area (TPSA) is 101 Å². The molecule has 0 aliphatic rings. The van der Waals surface area contributed by atoms with Crippen LogP contribution in [0.25, 0.3) is 0 Å². The number of carbonyl (C=O) groups excluding carboxylic acids is 1. The molecule has 0 aliphatic heterocycles. The van der Waals surface area contributed by atoms with Crippen molar-refractivity contribution in [2.45, 2.75) is 0 Å². The molecule has 1 heterocycles. The van der Waals surface area contributed by atoms with E-state index in [0.29, 0.717) is 11.3 Å². The van der Waals surface area contributed by atoms with Crippen LogP contribution in [-0.4, -0.2) is 33.6 Å². The Kier molecular flexibility index (Phi) is 4.23. The smallest absolute Gasteiger partial charge is 0.341 e. The molecule has 1 aromatic heterocycles. The Morgan fingerprint density at radius 2 is 1.95 bits per heavy atom. The Hall–Kier alpha value is -2.96. The Balaban J connectivity index is 2.06. The molecule has 2 rings (SSSR count). The van der Waals surface area contributed by atoms with E-state index in [1.165, 1.54) is 18.5 Å². The van der Waals surface area contributed by atoms with Crippen molar-refractivity contribution in [1.29, 1.82) is 0 Å². The lowest BCUT2D eigenvalue weighted by Crippen LogP contribution is -2.14. The molecule has 0 saturated heterocycles. The standard InChI is InChI=1S/C13H11N3O4/c17-11(18)8-20-10-4-1-3-9(7-10)12(19)16-13-14-5-2-6-15-13/h1-7H,8H2,(H,17,18)(H,14,15,16,19). The van der Waals surface area contributed by atoms with E-state index < -0.39 is 18.5 Å². The van der Waals surface area contributed by atoms with Gasteiger partial charge in [-0.2, -0.15) is 0 Å². The number of aliphatic carboxylic acids is 1. The average molecular weight is 273 g/mol. The third-order valence-electron chi connectivity index (χ3n) is 2.25. The maximum absolute atomic E-state index is 11.9. The quantitative estimate of drug-likeness (QED) is 0.848. The molecule has 7 heteroatoms. The minimum absolute atomic E-state index is 0.189. The van der Waals surface area contributed by atoms with Crippen molar-refractivity contribution in [3.8, 4) is 5.75 Å². The zero-order valence-electron chi connectivity index (χ0n) is 10.3. The number of hydrogen-bond acceptors (Lipinski definition) is 5. The van der Waals surface area contributed by atoms with Crippen LogP contribution < -0.4 is 10.1 Å². The van der Waals surface area contributed by atoms with Gasteiger partial charge in [0.15, 0.2) is 6.61 Å². The van der Waals surface area contributed by atoms with Crippen LogP contribution in [0.15, 0.2) is 42.7 Å². The lowest BCUT2D eigenvalue weighted by atomic mass is 10.2. The minimum Gasteiger partial charge on any atom is -0.482 e. The van der Waals surface area contributed by atoms with Gasteiger partial charge in [-0.15, -0.1) is 0 Å². The normalized spacial score (nSPS) is 9.80. The molecule has 7 nitrogen and oxygen atoms in total. The number of carboxylic acids is 1. The molecule has 0 unspecified atom stereocenters. The average Bonchev–Trinajstić information content (AvgIpc) is 2.46. The number of carbonyl (C=O) groups is 2. The highest BCUT2D eigenvalue weighted by Gasteiger charge is 2.09. The van der Waals surface area contributed by atoms with Gasteiger partial charge in [0.2, 0.25) is 5.95 Å². The molecule has 0 spiro atoms. The first-order valence-corrected chi connectivity index (χ1v) is 5.68. The fourth-order valence-electron chi connectivity index (χ4n) is 1.41. The summed E-state index contributed by atoms with van der Waals surface area (Å²) < 4.78 is 5.00. The van der Waals surface area contributed by atoms with E-state index in [1.807, 2.05) is 0 Å². The third-order valence-corrected chi connectivity index (χ3v) is 2.25. The summed E-state index contributed by atoms with van der Waals surface area (Å²) in [7, 11) is 0. The van der Waals surface area contributed by atoms with Gasteiger partial charge >= 0.3 is 5.97 Å². The van der Waals surface area contributed by atoms with E-state index in [1.54, 1.807) is 24.3 Å². The van der Waals surface area contributed by atoms with E-state index in [0.717, 1.165) is 0 Å². The summed E-state index contributed by atoms with van der Waals surface area (Å²) >= 11 is 0. The van der Waals surface area contributed by atoms with Crippen molar-refractivity contribution in [3.63, 3.8) is 0 Å². The van der Waals surface area contributed by atoms with E-state index in [9.17, 15) is 9.59 Å². The number of rotatable bonds is 5. The van der Waals surface area contributed by atoms with Gasteiger partial charge in [-0.3, -0.25) is 10.1 Å². The first-order chi connectivity index (χ1) is 9.65. The number of hydrogen-bond donors (Lipinski definition) is 2. The fourth-order valence-corrected chi connectivity index (χ4v) is 1.41. The largest absolute Gasteiger partial charge is 0.482 e. The second-order valence-corrected chi connectivity index (χ2v) is 3.74. The van der Waals surface area contributed by atoms with Gasteiger partial charge in [0, 0.05) is 18.0 Å². The third kappa shape index (κ3) is 3.77. The zero-order valence-corrected chi connectivity index (χ0v) is 10.3. The number of anilines is 1. The number of amides is 1. The number of aromatic nitrogens is 2. The van der Waals surface area contributed by atoms with E-state index >= 15 is 0 Å². The molecule has 2 N–H and O–H groups in total. The second kappa shape index (κ2) is 6.28. The van der Waals surface area contributed by atoms with Gasteiger partial charge in [0.05, 0.1) is 0 Å². The predicted octanol–water partition coefficient (Wildman–Crippen LogP) is 1.19. The summed E-state index contributed by atoms with van der Waals surface area (Å²) in [6.07, 6.45) is 3.02. The summed E-state index contributed by atoms with van der Waals surface area (Å²) in [5, 5.41) is 11.0. The molecule has 0 saturated carbocycles. The first kappa shape index (κ1) is 13.5. The van der Waals surface area contributed by atoms with Crippen LogP contribution in [0.4, 0.5) is 5.95 Å². The van der Waals surface area contributed by atoms with Crippen LogP contribution in [0.2, 0.25) is 0 Å². The van der Waals surface area contributed by atoms with E-state index in [-0.39, 0.29) is 5.95 Å². The molecule has 2 aromatic rings. The van der Waals surface area contributed by atoms with Crippen molar-refractivity contribution in [1.82, 2.24) is 9.97 Å². The van der Waals surface area contributed by atoms with E-state index in [4.69, 9.17) is 9.84 Å². The highest BCUT2D eigenvalue weighted by molar-refractivity contribution is 6.03. The Labute approximate surface area is 114 Å². The maximum atomic E-state index is 11.9. The number of nitrogens with one attached hydrogen (secondary N) is 1. The van der Waals surface area contributed by atoms with Crippen LogP contribution in [0.1, 0.15) is 10.4 Å². The maximum Gasteiger partial charge on any atom is 0.341 e. The van der Waals surface area contributed by atoms with Crippen molar-refractivity contribution < 1.29 is 19.4 Å². The molecule has 0 aliphatic carbocycles. The summed E-state index contributed by atoms with van der Waals surface area (Å²) in [6.45, 7) is -0.465. The van der Waals surface area contributed by atoms with Gasteiger partial charge < -0.3 is 9.84 Å². The molecule has 102 valence electrons. The molecule has 0 bridgehead atoms. The highest BCUT2D eigenvalue weighted by atomic mass is 16.5. The van der Waals surface area contributed by atoms with Crippen molar-refractivity contribution in [2.24, 2.45) is 0 Å². The summed E-state index contributed by atoms with van der Waals surface area (Å²) in [5.41, 5.74) is 0.320. The monoisotopic (exact) mass is 273 g/mol. The Morgan fingerprint density at radius 3 is 2.65 bits per heavy atom. The summed E-state index contributed by atoms with van der Waals surface area (Å²) in [4.78, 5) is 30.1. The van der Waals surface area contributed by atoms with Crippen LogP contribution in [-0.2, 0) is 4.79 Å². The van der Waals surface area contributed by atoms with Crippen molar-refractivity contribution in [2.75, 3.05) is 11.9 Å². The molecule has 0 atom stereocenters. The predicted molar refractivity (Wildman–Crippen MR) is 69.6 cm³/mol. The Morgan fingerprint density at radius 1 is 1.20 bits per heavy atom. The summed E-state index contributed by atoms with van der Waals surface area (Å²) in [5.74, 6) is -1.00. The molecule has 20 heavy (non-hydrogen) atoms. The number of benzene rings is 1. The van der Waals surface area contributed by atoms with Crippen LogP contribution in [0.5, 0.6) is 5.75 Å². The highest BCUT2D eigenvalue weighted by Crippen LogP contribution is 2.14. The van der Waals surface area contributed by atoms with Gasteiger partial charge in [-0.1, -0.05) is 6.07 Å². The van der Waals surface area contributed by atoms with E-state index in [2.05, 4.69) is 15.3 Å². The fraction of sp³-hybridized carbons (Fsp3) is 0.0769. The van der Waals surface area contributed by atoms with Gasteiger partial charge in [-0.25, -0.2) is 14.8 Å². The second-order valence-electron chi connectivity index (χ2n) is 3.74. The molecule has 1 aromatic carbocycles. The van der Waals surface area contributed by atoms with Crippen molar-refractivity contribution >= 4 is 17.8 Å². The van der Waals surface area contributed by atoms with Crippen LogP contribution in [0, 0.1) is 0 Å². The lowest BCUT2D eigenvalue weighted by Gasteiger charge is -2.06. The van der Waals surface area contributed by atoms with Gasteiger partial charge in [0.1, 0.15) is 5.75 Å². The zero-order chi connectivity index (χ0) is 14.4. The number of ether oxygens (including phenoxy) is 1. The number of nitrogens with zero attached hydrogens (tertiary/aromatic N) is 2. The Bertz CT molecular complexity index is 616. The molecule has 1 amide bonds. The molecule has 0 radical (unpaired) electrons. The van der Waals surface area contributed by atoms with Crippen molar-refractivity contribution in [3.05, 3.63) is 48.3 Å². The van der Waals surface area contributed by atoms with Gasteiger partial charge in [-0.05, 0) is 24.3 Å². The van der Waals surface area contributed by atoms with Crippen LogP contribution >= 0.6 is 0 Å². The molecular formula is C13H11N3O4. The lowest BCUT2D eigenvalue weighted by molar-refractivity contribution is -0.139. The van der Waals surface area contributed by atoms with Gasteiger partial charge in [0.25, 0.3) is 5.91 Å². The summed E-state index contributed by atoms with van der Waals surface area (Å²) in [6, 6.07) is 7.82. The first-order valence-electron chi connectivity index (χ1n) is 5.68. The SMILES string of the molecule is O=C(O)COc1cccc(C(=O)Nc2ncccn2)c1. The molecular weight excluding hydrogens is 262 g/mol. The minimum atomic E-state index is -1.09. The molecule has 0 fully saturated rings.